The molecule has 0 spiro atoms. The normalized spacial score (nSPS) is 18.3. The molecule has 1 saturated heterocycles. The molecule has 2 amide bonds. The molecule has 5 rings (SSSR count). The average Bonchev–Trinajstić information content (AvgIpc) is 3.03. The molecular weight excluding hydrogens is 550 g/mol. The van der Waals surface area contributed by atoms with Crippen LogP contribution in [0.1, 0.15) is 58.4 Å². The minimum absolute atomic E-state index is 0.00737. The summed E-state index contributed by atoms with van der Waals surface area (Å²) in [6, 6.07) is 26.9. The number of ether oxygens (including phenoxy) is 2. The molecule has 3 aromatic carbocycles. The van der Waals surface area contributed by atoms with E-state index in [9.17, 15) is 14.7 Å². The van der Waals surface area contributed by atoms with Gasteiger partial charge in [0.2, 0.25) is 5.91 Å². The Morgan fingerprint density at radius 2 is 1.64 bits per heavy atom. The van der Waals surface area contributed by atoms with Crippen molar-refractivity contribution in [2.24, 2.45) is 0 Å². The number of thioether (sulfide) groups is 1. The highest BCUT2D eigenvalue weighted by molar-refractivity contribution is 7.99. The van der Waals surface area contributed by atoms with Gasteiger partial charge in [-0.1, -0.05) is 48.5 Å². The van der Waals surface area contributed by atoms with E-state index in [-0.39, 0.29) is 30.6 Å². The molecule has 3 N–H and O–H groups in total. The first-order valence-corrected chi connectivity index (χ1v) is 14.7. The van der Waals surface area contributed by atoms with Crippen LogP contribution in [0.15, 0.2) is 102 Å². The zero-order valence-electron chi connectivity index (χ0n) is 23.2. The molecule has 42 heavy (non-hydrogen) atoms. The van der Waals surface area contributed by atoms with Crippen molar-refractivity contribution in [2.75, 3.05) is 11.1 Å². The Hall–Kier alpha value is -4.02. The van der Waals surface area contributed by atoms with Crippen molar-refractivity contribution in [3.8, 4) is 0 Å². The number of hydrogen-bond donors (Lipinski definition) is 3. The third-order valence-electron chi connectivity index (χ3n) is 6.85. The lowest BCUT2D eigenvalue weighted by Crippen LogP contribution is -2.31. The Bertz CT molecular complexity index is 1460. The number of pyridine rings is 1. The van der Waals surface area contributed by atoms with E-state index in [1.54, 1.807) is 36.3 Å². The van der Waals surface area contributed by atoms with Crippen LogP contribution in [0.5, 0.6) is 0 Å². The zero-order chi connectivity index (χ0) is 29.3. The van der Waals surface area contributed by atoms with Gasteiger partial charge in [-0.3, -0.25) is 14.6 Å². The van der Waals surface area contributed by atoms with Crippen LogP contribution < -0.4 is 10.6 Å². The molecule has 1 aromatic heterocycles. The van der Waals surface area contributed by atoms with E-state index in [0.29, 0.717) is 18.5 Å². The van der Waals surface area contributed by atoms with Crippen molar-refractivity contribution >= 4 is 29.3 Å². The van der Waals surface area contributed by atoms with Crippen LogP contribution in [-0.4, -0.2) is 33.8 Å². The molecule has 4 aromatic rings. The lowest BCUT2D eigenvalue weighted by atomic mass is 10.0. The zero-order valence-corrected chi connectivity index (χ0v) is 24.1. The van der Waals surface area contributed by atoms with E-state index in [0.717, 1.165) is 38.6 Å². The maximum absolute atomic E-state index is 12.4. The van der Waals surface area contributed by atoms with Gasteiger partial charge in [0, 0.05) is 54.2 Å². The number of aromatic nitrogens is 1. The van der Waals surface area contributed by atoms with Crippen molar-refractivity contribution < 1.29 is 24.2 Å². The Balaban J connectivity index is 1.26. The average molecular weight is 584 g/mol. The molecule has 0 radical (unpaired) electrons. The topological polar surface area (TPSA) is 110 Å². The molecule has 216 valence electrons. The summed E-state index contributed by atoms with van der Waals surface area (Å²) in [6.45, 7) is 1.87. The minimum atomic E-state index is -0.562. The first-order chi connectivity index (χ1) is 20.5. The standard InChI is InChI=1S/C33H33N3O5S/c1-22(38)36-28-12-14-30(15-13-28)42-21-29-17-31(25-8-6-24(20-37)7-9-25)41-33(40-29)26-10-4-23(5-11-26)18-35-32(39)27-3-2-16-34-19-27/h2-16,19,29,31,33,37H,17-18,20-21H2,1H3,(H,35,39)(H,36,38). The van der Waals surface area contributed by atoms with Gasteiger partial charge in [0.1, 0.15) is 0 Å². The van der Waals surface area contributed by atoms with Gasteiger partial charge in [0.15, 0.2) is 6.29 Å². The summed E-state index contributed by atoms with van der Waals surface area (Å²) in [5.74, 6) is 0.451. The van der Waals surface area contributed by atoms with Crippen molar-refractivity contribution in [1.29, 1.82) is 0 Å². The van der Waals surface area contributed by atoms with Gasteiger partial charge in [-0.15, -0.1) is 11.8 Å². The van der Waals surface area contributed by atoms with Gasteiger partial charge < -0.3 is 25.2 Å². The van der Waals surface area contributed by atoms with Gasteiger partial charge in [0.25, 0.3) is 5.91 Å². The highest BCUT2D eigenvalue weighted by Crippen LogP contribution is 2.39. The molecule has 8 nitrogen and oxygen atoms in total. The first kappa shape index (κ1) is 29.5. The largest absolute Gasteiger partial charge is 0.392 e. The third-order valence-corrected chi connectivity index (χ3v) is 8.00. The van der Waals surface area contributed by atoms with Crippen LogP contribution in [0.25, 0.3) is 0 Å². The van der Waals surface area contributed by atoms with Crippen molar-refractivity contribution in [1.82, 2.24) is 10.3 Å². The molecule has 9 heteroatoms. The monoisotopic (exact) mass is 583 g/mol. The number of anilines is 1. The van der Waals surface area contributed by atoms with Gasteiger partial charge >= 0.3 is 0 Å². The van der Waals surface area contributed by atoms with Gasteiger partial charge in [0.05, 0.1) is 24.4 Å². The summed E-state index contributed by atoms with van der Waals surface area (Å²) in [5, 5.41) is 15.2. The number of aliphatic hydroxyl groups is 1. The number of hydrogen-bond acceptors (Lipinski definition) is 7. The predicted octanol–water partition coefficient (Wildman–Crippen LogP) is 5.80. The van der Waals surface area contributed by atoms with Crippen LogP contribution in [0.4, 0.5) is 5.69 Å². The molecule has 1 aliphatic heterocycles. The van der Waals surface area contributed by atoms with E-state index in [1.807, 2.05) is 72.8 Å². The second kappa shape index (κ2) is 14.2. The molecule has 2 heterocycles. The molecule has 1 fully saturated rings. The molecule has 3 atom stereocenters. The fourth-order valence-corrected chi connectivity index (χ4v) is 5.55. The smallest absolute Gasteiger partial charge is 0.253 e. The SMILES string of the molecule is CC(=O)Nc1ccc(SCC2CC(c3ccc(CO)cc3)OC(c3ccc(CNC(=O)c4cccnc4)cc3)O2)cc1. The minimum Gasteiger partial charge on any atom is -0.392 e. The number of nitrogens with one attached hydrogen (secondary N) is 2. The summed E-state index contributed by atoms with van der Waals surface area (Å²) in [7, 11) is 0. The van der Waals surface area contributed by atoms with E-state index < -0.39 is 6.29 Å². The number of nitrogens with zero attached hydrogens (tertiary/aromatic N) is 1. The summed E-state index contributed by atoms with van der Waals surface area (Å²) in [5.41, 5.74) is 5.01. The summed E-state index contributed by atoms with van der Waals surface area (Å²) >= 11 is 1.69. The Morgan fingerprint density at radius 1 is 0.929 bits per heavy atom. The van der Waals surface area contributed by atoms with E-state index in [4.69, 9.17) is 9.47 Å². The van der Waals surface area contributed by atoms with Gasteiger partial charge in [-0.2, -0.15) is 0 Å². The molecule has 0 saturated carbocycles. The van der Waals surface area contributed by atoms with Crippen molar-refractivity contribution in [2.45, 2.75) is 49.9 Å². The summed E-state index contributed by atoms with van der Waals surface area (Å²) in [6.07, 6.45) is 3.04. The predicted molar refractivity (Wildman–Crippen MR) is 162 cm³/mol. The fourth-order valence-electron chi connectivity index (χ4n) is 4.62. The van der Waals surface area contributed by atoms with Crippen molar-refractivity contribution in [3.63, 3.8) is 0 Å². The fraction of sp³-hybridized carbons (Fsp3) is 0.242. The molecule has 1 aliphatic rings. The van der Waals surface area contributed by atoms with Crippen LogP contribution >= 0.6 is 11.8 Å². The van der Waals surface area contributed by atoms with E-state index in [2.05, 4.69) is 15.6 Å². The second-order valence-electron chi connectivity index (χ2n) is 10.0. The van der Waals surface area contributed by atoms with Gasteiger partial charge in [-0.25, -0.2) is 0 Å². The van der Waals surface area contributed by atoms with Crippen LogP contribution in [0.2, 0.25) is 0 Å². The number of amides is 2. The molecule has 3 unspecified atom stereocenters. The second-order valence-corrected chi connectivity index (χ2v) is 11.1. The Morgan fingerprint density at radius 3 is 2.31 bits per heavy atom. The van der Waals surface area contributed by atoms with E-state index >= 15 is 0 Å². The summed E-state index contributed by atoms with van der Waals surface area (Å²) < 4.78 is 12.9. The number of aliphatic hydroxyl groups excluding tert-OH is 1. The molecule has 0 aliphatic carbocycles. The lowest BCUT2D eigenvalue weighted by molar-refractivity contribution is -0.245. The summed E-state index contributed by atoms with van der Waals surface area (Å²) in [4.78, 5) is 28.8. The maximum Gasteiger partial charge on any atom is 0.253 e. The third kappa shape index (κ3) is 8.04. The molecule has 0 bridgehead atoms. The quantitative estimate of drug-likeness (QED) is 0.203. The van der Waals surface area contributed by atoms with Crippen LogP contribution in [0.3, 0.4) is 0 Å². The number of carbonyl (C=O) groups excluding carboxylic acids is 2. The number of carbonyl (C=O) groups is 2. The highest BCUT2D eigenvalue weighted by Gasteiger charge is 2.32. The lowest BCUT2D eigenvalue weighted by Gasteiger charge is -2.36. The van der Waals surface area contributed by atoms with E-state index in [1.165, 1.54) is 6.92 Å². The molecular formula is C33H33N3O5S. The number of benzene rings is 3. The Labute approximate surface area is 249 Å². The first-order valence-electron chi connectivity index (χ1n) is 13.7. The Kier molecular flexibility index (Phi) is 9.99. The van der Waals surface area contributed by atoms with Crippen LogP contribution in [-0.2, 0) is 27.4 Å². The highest BCUT2D eigenvalue weighted by atomic mass is 32.2. The maximum atomic E-state index is 12.4. The van der Waals surface area contributed by atoms with Gasteiger partial charge in [-0.05, 0) is 53.1 Å². The van der Waals surface area contributed by atoms with Crippen LogP contribution in [0, 0.1) is 0 Å². The van der Waals surface area contributed by atoms with Crippen molar-refractivity contribution in [3.05, 3.63) is 125 Å². The number of rotatable bonds is 10.